The molecule has 1 heterocycles. The van der Waals surface area contributed by atoms with Gasteiger partial charge in [-0.05, 0) is 36.2 Å². The van der Waals surface area contributed by atoms with Crippen molar-refractivity contribution in [2.75, 3.05) is 0 Å². The minimum absolute atomic E-state index is 0.230. The molecule has 1 unspecified atom stereocenters. The summed E-state index contributed by atoms with van der Waals surface area (Å²) < 4.78 is 5.66. The zero-order valence-electron chi connectivity index (χ0n) is 10.0. The molecule has 0 aliphatic rings. The molecule has 0 aliphatic carbocycles. The summed E-state index contributed by atoms with van der Waals surface area (Å²) >= 11 is 5.99. The van der Waals surface area contributed by atoms with E-state index in [1.807, 2.05) is 37.3 Å². The number of benzene rings is 1. The summed E-state index contributed by atoms with van der Waals surface area (Å²) in [6.45, 7) is 4.03. The van der Waals surface area contributed by atoms with Gasteiger partial charge in [0.15, 0.2) is 0 Å². The fourth-order valence-corrected chi connectivity index (χ4v) is 1.89. The van der Waals surface area contributed by atoms with Crippen LogP contribution >= 0.6 is 11.6 Å². The van der Waals surface area contributed by atoms with E-state index in [1.54, 1.807) is 0 Å². The van der Waals surface area contributed by atoms with Crippen LogP contribution in [0.5, 0.6) is 0 Å². The Morgan fingerprint density at radius 1 is 1.29 bits per heavy atom. The second-order valence-corrected chi connectivity index (χ2v) is 4.55. The second-order valence-electron chi connectivity index (χ2n) is 4.14. The van der Waals surface area contributed by atoms with Crippen molar-refractivity contribution in [3.05, 3.63) is 58.0 Å². The van der Waals surface area contributed by atoms with Crippen molar-refractivity contribution in [1.29, 1.82) is 0 Å². The highest BCUT2D eigenvalue weighted by atomic mass is 35.5. The van der Waals surface area contributed by atoms with E-state index in [9.17, 15) is 0 Å². The number of hydrogen-bond acceptors (Lipinski definition) is 2. The van der Waals surface area contributed by atoms with E-state index < -0.39 is 0 Å². The van der Waals surface area contributed by atoms with Crippen molar-refractivity contribution >= 4 is 11.6 Å². The highest BCUT2D eigenvalue weighted by Crippen LogP contribution is 2.25. The van der Waals surface area contributed by atoms with Crippen LogP contribution in [0.15, 0.2) is 34.7 Å². The third-order valence-corrected chi connectivity index (χ3v) is 3.30. The molecule has 2 aromatic rings. The second kappa shape index (κ2) is 4.94. The predicted octanol–water partition coefficient (Wildman–Crippen LogP) is 3.85. The van der Waals surface area contributed by atoms with Crippen LogP contribution < -0.4 is 5.73 Å². The van der Waals surface area contributed by atoms with E-state index in [4.69, 9.17) is 21.8 Å². The Morgan fingerprint density at radius 2 is 2.06 bits per heavy atom. The van der Waals surface area contributed by atoms with Crippen molar-refractivity contribution in [2.45, 2.75) is 26.3 Å². The minimum Gasteiger partial charge on any atom is -0.464 e. The first kappa shape index (κ1) is 12.2. The van der Waals surface area contributed by atoms with Crippen LogP contribution in [0, 0.1) is 6.92 Å². The molecule has 0 fully saturated rings. The van der Waals surface area contributed by atoms with Gasteiger partial charge >= 0.3 is 0 Å². The Bertz CT molecular complexity index is 519. The van der Waals surface area contributed by atoms with E-state index in [0.29, 0.717) is 0 Å². The molecule has 1 aromatic carbocycles. The molecule has 0 amide bonds. The molecule has 1 atom stereocenters. The van der Waals surface area contributed by atoms with E-state index in [1.165, 1.54) is 0 Å². The van der Waals surface area contributed by atoms with Gasteiger partial charge in [0.2, 0.25) is 0 Å². The Hall–Kier alpha value is -1.25. The molecular weight excluding hydrogens is 234 g/mol. The molecule has 0 saturated carbocycles. The molecule has 17 heavy (non-hydrogen) atoms. The van der Waals surface area contributed by atoms with Gasteiger partial charge in [-0.1, -0.05) is 30.7 Å². The van der Waals surface area contributed by atoms with E-state index >= 15 is 0 Å². The van der Waals surface area contributed by atoms with Crippen LogP contribution in [-0.4, -0.2) is 0 Å². The van der Waals surface area contributed by atoms with Crippen LogP contribution in [0.1, 0.15) is 35.6 Å². The fraction of sp³-hybridized carbons (Fsp3) is 0.286. The fourth-order valence-electron chi connectivity index (χ4n) is 1.78. The zero-order chi connectivity index (χ0) is 12.4. The van der Waals surface area contributed by atoms with Gasteiger partial charge in [-0.3, -0.25) is 0 Å². The molecular formula is C14H16ClNO. The van der Waals surface area contributed by atoms with Crippen LogP contribution in [0.3, 0.4) is 0 Å². The topological polar surface area (TPSA) is 39.2 Å². The average molecular weight is 250 g/mol. The number of furan rings is 1. The molecule has 0 spiro atoms. The summed E-state index contributed by atoms with van der Waals surface area (Å²) in [6.07, 6.45) is 0.881. The van der Waals surface area contributed by atoms with Gasteiger partial charge in [0.25, 0.3) is 0 Å². The van der Waals surface area contributed by atoms with Crippen molar-refractivity contribution in [1.82, 2.24) is 0 Å². The number of halogens is 1. The highest BCUT2D eigenvalue weighted by Gasteiger charge is 2.13. The third kappa shape index (κ3) is 2.54. The van der Waals surface area contributed by atoms with Crippen molar-refractivity contribution in [2.24, 2.45) is 5.73 Å². The maximum atomic E-state index is 6.17. The zero-order valence-corrected chi connectivity index (χ0v) is 10.8. The molecule has 0 aliphatic heterocycles. The lowest BCUT2D eigenvalue weighted by atomic mass is 10.0. The lowest BCUT2D eigenvalue weighted by Crippen LogP contribution is -2.11. The van der Waals surface area contributed by atoms with Crippen LogP contribution in [0.4, 0.5) is 0 Å². The van der Waals surface area contributed by atoms with Gasteiger partial charge in [-0.2, -0.15) is 0 Å². The minimum atomic E-state index is -0.230. The van der Waals surface area contributed by atoms with Crippen molar-refractivity contribution in [3.63, 3.8) is 0 Å². The monoisotopic (exact) mass is 249 g/mol. The normalized spacial score (nSPS) is 12.7. The average Bonchev–Trinajstić information content (AvgIpc) is 2.80. The van der Waals surface area contributed by atoms with Crippen LogP contribution in [0.25, 0.3) is 0 Å². The molecule has 0 saturated heterocycles. The van der Waals surface area contributed by atoms with Crippen molar-refractivity contribution < 1.29 is 4.42 Å². The summed E-state index contributed by atoms with van der Waals surface area (Å²) in [7, 11) is 0. The molecule has 2 rings (SSSR count). The van der Waals surface area contributed by atoms with Gasteiger partial charge in [0, 0.05) is 11.4 Å². The Morgan fingerprint density at radius 3 is 2.65 bits per heavy atom. The molecule has 2 N–H and O–H groups in total. The van der Waals surface area contributed by atoms with E-state index in [0.717, 1.165) is 34.1 Å². The maximum absolute atomic E-state index is 6.17. The number of rotatable bonds is 3. The summed E-state index contributed by atoms with van der Waals surface area (Å²) in [5, 5.41) is 0.759. The van der Waals surface area contributed by atoms with Gasteiger partial charge in [-0.15, -0.1) is 0 Å². The number of nitrogens with two attached hydrogens (primary N) is 1. The Kier molecular flexibility index (Phi) is 3.55. The number of aryl methyl sites for hydroxylation is 2. The first-order valence-corrected chi connectivity index (χ1v) is 6.10. The van der Waals surface area contributed by atoms with Crippen LogP contribution in [0.2, 0.25) is 5.02 Å². The maximum Gasteiger partial charge on any atom is 0.125 e. The quantitative estimate of drug-likeness (QED) is 0.897. The van der Waals surface area contributed by atoms with Gasteiger partial charge in [-0.25, -0.2) is 0 Å². The SMILES string of the molecule is CCc1ccc(C(N)c2ccc(Cl)c(C)c2)o1. The van der Waals surface area contributed by atoms with Gasteiger partial charge in [0.1, 0.15) is 11.5 Å². The Balaban J connectivity index is 2.29. The van der Waals surface area contributed by atoms with Crippen molar-refractivity contribution in [3.8, 4) is 0 Å². The van der Waals surface area contributed by atoms with E-state index in [-0.39, 0.29) is 6.04 Å². The summed E-state index contributed by atoms with van der Waals surface area (Å²) in [6, 6.07) is 9.49. The smallest absolute Gasteiger partial charge is 0.125 e. The first-order chi connectivity index (χ1) is 8.11. The summed E-state index contributed by atoms with van der Waals surface area (Å²) in [5.41, 5.74) is 8.21. The Labute approximate surface area is 106 Å². The molecule has 0 bridgehead atoms. The molecule has 1 aromatic heterocycles. The molecule has 0 radical (unpaired) electrons. The van der Waals surface area contributed by atoms with E-state index in [2.05, 4.69) is 6.92 Å². The molecule has 2 nitrogen and oxygen atoms in total. The standard InChI is InChI=1S/C14H16ClNO/c1-3-11-5-7-13(17-11)14(16)10-4-6-12(15)9(2)8-10/h4-8,14H,3,16H2,1-2H3. The van der Waals surface area contributed by atoms with Gasteiger partial charge < -0.3 is 10.2 Å². The first-order valence-electron chi connectivity index (χ1n) is 5.72. The van der Waals surface area contributed by atoms with Gasteiger partial charge in [0.05, 0.1) is 6.04 Å². The number of hydrogen-bond donors (Lipinski definition) is 1. The molecule has 3 heteroatoms. The lowest BCUT2D eigenvalue weighted by molar-refractivity contribution is 0.454. The van der Waals surface area contributed by atoms with Crippen LogP contribution in [-0.2, 0) is 6.42 Å². The molecule has 90 valence electrons. The largest absolute Gasteiger partial charge is 0.464 e. The summed E-state index contributed by atoms with van der Waals surface area (Å²) in [5.74, 6) is 1.75. The summed E-state index contributed by atoms with van der Waals surface area (Å²) in [4.78, 5) is 0. The highest BCUT2D eigenvalue weighted by molar-refractivity contribution is 6.31. The predicted molar refractivity (Wildman–Crippen MR) is 70.3 cm³/mol. The lowest BCUT2D eigenvalue weighted by Gasteiger charge is -2.10. The third-order valence-electron chi connectivity index (χ3n) is 2.88.